The lowest BCUT2D eigenvalue weighted by Gasteiger charge is -2.25. The van der Waals surface area contributed by atoms with E-state index in [0.717, 1.165) is 6.42 Å². The van der Waals surface area contributed by atoms with Gasteiger partial charge < -0.3 is 10.1 Å². The van der Waals surface area contributed by atoms with E-state index in [2.05, 4.69) is 26.3 Å². The maximum absolute atomic E-state index is 12.3. The van der Waals surface area contributed by atoms with Crippen LogP contribution in [0.3, 0.4) is 0 Å². The molecule has 0 bridgehead atoms. The molecule has 1 saturated heterocycles. The van der Waals surface area contributed by atoms with Gasteiger partial charge in [-0.3, -0.25) is 4.79 Å². The Bertz CT molecular complexity index is 553. The fraction of sp³-hybridized carbons (Fsp3) is 0.636. The van der Waals surface area contributed by atoms with Crippen LogP contribution in [0, 0.1) is 0 Å². The maximum atomic E-state index is 12.3. The fourth-order valence-corrected chi connectivity index (χ4v) is 2.33. The Morgan fingerprint density at radius 1 is 1.60 bits per heavy atom. The van der Waals surface area contributed by atoms with Crippen molar-refractivity contribution in [1.29, 1.82) is 0 Å². The highest BCUT2D eigenvalue weighted by Gasteiger charge is 2.32. The largest absolute Gasteiger partial charge is 0.408 e. The molecule has 1 aliphatic rings. The highest BCUT2D eigenvalue weighted by atomic mass is 79.9. The summed E-state index contributed by atoms with van der Waals surface area (Å²) in [7, 11) is 0. The van der Waals surface area contributed by atoms with E-state index in [1.165, 1.54) is 6.20 Å². The Morgan fingerprint density at radius 2 is 2.30 bits per heavy atom. The Balaban J connectivity index is 2.25. The van der Waals surface area contributed by atoms with Crippen molar-refractivity contribution < 1.29 is 17.9 Å². The van der Waals surface area contributed by atoms with Crippen LogP contribution in [0.2, 0.25) is 0 Å². The minimum Gasteiger partial charge on any atom is -0.379 e. The van der Waals surface area contributed by atoms with Crippen molar-refractivity contribution in [1.82, 2.24) is 9.78 Å². The maximum Gasteiger partial charge on any atom is 0.408 e. The Kier molecular flexibility index (Phi) is 4.10. The molecule has 0 saturated carbocycles. The average Bonchev–Trinajstić information content (AvgIpc) is 2.74. The number of nitrogens with zero attached hydrogens (tertiary/aromatic N) is 2. The van der Waals surface area contributed by atoms with E-state index < -0.39 is 18.3 Å². The molecule has 1 fully saturated rings. The van der Waals surface area contributed by atoms with Gasteiger partial charge in [0.15, 0.2) is 0 Å². The van der Waals surface area contributed by atoms with Gasteiger partial charge in [0.25, 0.3) is 5.56 Å². The van der Waals surface area contributed by atoms with E-state index in [0.29, 0.717) is 23.6 Å². The number of anilines is 1. The summed E-state index contributed by atoms with van der Waals surface area (Å²) in [6.45, 7) is 1.56. The van der Waals surface area contributed by atoms with E-state index >= 15 is 0 Å². The Labute approximate surface area is 121 Å². The lowest BCUT2D eigenvalue weighted by Crippen LogP contribution is -2.37. The summed E-state index contributed by atoms with van der Waals surface area (Å²) in [5.41, 5.74) is -0.816. The van der Waals surface area contributed by atoms with Crippen molar-refractivity contribution in [3.63, 3.8) is 0 Å². The molecule has 5 nitrogen and oxygen atoms in total. The van der Waals surface area contributed by atoms with Gasteiger partial charge >= 0.3 is 6.18 Å². The third-order valence-corrected chi connectivity index (χ3v) is 3.74. The first-order chi connectivity index (χ1) is 9.20. The van der Waals surface area contributed by atoms with Crippen molar-refractivity contribution in [2.45, 2.75) is 31.6 Å². The summed E-state index contributed by atoms with van der Waals surface area (Å²) >= 11 is 3.03. The fourth-order valence-electron chi connectivity index (χ4n) is 1.93. The third-order valence-electron chi connectivity index (χ3n) is 2.97. The molecule has 2 rings (SSSR count). The molecule has 0 spiro atoms. The zero-order valence-electron chi connectivity index (χ0n) is 10.6. The molecule has 20 heavy (non-hydrogen) atoms. The van der Waals surface area contributed by atoms with E-state index in [4.69, 9.17) is 4.74 Å². The first kappa shape index (κ1) is 15.3. The van der Waals surface area contributed by atoms with Crippen LogP contribution in [-0.4, -0.2) is 34.7 Å². The van der Waals surface area contributed by atoms with E-state index in [1.54, 1.807) is 0 Å². The molecule has 1 unspecified atom stereocenters. The molecule has 1 atom stereocenters. The van der Waals surface area contributed by atoms with Crippen LogP contribution in [-0.2, 0) is 11.3 Å². The van der Waals surface area contributed by atoms with Crippen molar-refractivity contribution in [3.05, 3.63) is 21.0 Å². The van der Waals surface area contributed by atoms with Gasteiger partial charge in [-0.05, 0) is 29.3 Å². The van der Waals surface area contributed by atoms with Gasteiger partial charge in [-0.25, -0.2) is 4.68 Å². The second kappa shape index (κ2) is 5.36. The van der Waals surface area contributed by atoms with Crippen LogP contribution in [0.1, 0.15) is 13.3 Å². The molecule has 0 aliphatic carbocycles. The Morgan fingerprint density at radius 3 is 2.85 bits per heavy atom. The predicted octanol–water partition coefficient (Wildman–Crippen LogP) is 2.16. The number of alkyl halides is 3. The van der Waals surface area contributed by atoms with E-state index in [1.807, 2.05) is 6.92 Å². The number of hydrogen-bond acceptors (Lipinski definition) is 4. The van der Waals surface area contributed by atoms with Crippen LogP contribution >= 0.6 is 15.9 Å². The van der Waals surface area contributed by atoms with Gasteiger partial charge in [0.05, 0.1) is 24.0 Å². The number of rotatable bonds is 3. The molecule has 2 heterocycles. The smallest absolute Gasteiger partial charge is 0.379 e. The lowest BCUT2D eigenvalue weighted by molar-refractivity contribution is -0.143. The summed E-state index contributed by atoms with van der Waals surface area (Å²) in [6, 6.07) is 0. The standard InChI is InChI=1S/C11H13BrF3N3O2/c1-10(2-3-20-6-10)17-7-4-16-18(5-11(13,14)15)9(19)8(7)12/h4,17H,2-3,5-6H2,1H3. The van der Waals surface area contributed by atoms with Gasteiger partial charge in [0, 0.05) is 6.61 Å². The molecule has 9 heteroatoms. The van der Waals surface area contributed by atoms with Crippen LogP contribution in [0.4, 0.5) is 18.9 Å². The lowest BCUT2D eigenvalue weighted by atomic mass is 10.0. The summed E-state index contributed by atoms with van der Waals surface area (Å²) in [4.78, 5) is 11.8. The topological polar surface area (TPSA) is 56.2 Å². The van der Waals surface area contributed by atoms with Gasteiger partial charge in [0.2, 0.25) is 0 Å². The number of ether oxygens (including phenoxy) is 1. The molecule has 1 N–H and O–H groups in total. The van der Waals surface area contributed by atoms with Crippen molar-refractivity contribution >= 4 is 21.6 Å². The zero-order chi connectivity index (χ0) is 15.0. The normalized spacial score (nSPS) is 23.1. The van der Waals surface area contributed by atoms with E-state index in [9.17, 15) is 18.0 Å². The molecular weight excluding hydrogens is 343 g/mol. The van der Waals surface area contributed by atoms with Crippen LogP contribution in [0.25, 0.3) is 0 Å². The van der Waals surface area contributed by atoms with Gasteiger partial charge in [-0.15, -0.1) is 0 Å². The van der Waals surface area contributed by atoms with Crippen molar-refractivity contribution in [2.24, 2.45) is 0 Å². The summed E-state index contributed by atoms with van der Waals surface area (Å²) in [6.07, 6.45) is -2.54. The molecule has 0 amide bonds. The third kappa shape index (κ3) is 3.51. The second-order valence-electron chi connectivity index (χ2n) is 4.94. The summed E-state index contributed by atoms with van der Waals surface area (Å²) < 4.78 is 42.6. The SMILES string of the molecule is CC1(Nc2cnn(CC(F)(F)F)c(=O)c2Br)CCOC1. The van der Waals surface area contributed by atoms with E-state index in [-0.39, 0.29) is 10.0 Å². The quantitative estimate of drug-likeness (QED) is 0.902. The van der Waals surface area contributed by atoms with Gasteiger partial charge in [-0.1, -0.05) is 0 Å². The molecule has 1 aromatic heterocycles. The summed E-state index contributed by atoms with van der Waals surface area (Å²) in [5, 5.41) is 6.64. The van der Waals surface area contributed by atoms with Gasteiger partial charge in [0.1, 0.15) is 11.0 Å². The first-order valence-corrected chi connectivity index (χ1v) is 6.68. The minimum atomic E-state index is -4.49. The zero-order valence-corrected chi connectivity index (χ0v) is 12.2. The number of nitrogens with one attached hydrogen (secondary N) is 1. The second-order valence-corrected chi connectivity index (χ2v) is 5.73. The van der Waals surface area contributed by atoms with Crippen LogP contribution < -0.4 is 10.9 Å². The van der Waals surface area contributed by atoms with Crippen molar-refractivity contribution in [2.75, 3.05) is 18.5 Å². The highest BCUT2D eigenvalue weighted by molar-refractivity contribution is 9.10. The Hall–Kier alpha value is -1.09. The molecule has 112 valence electrons. The molecule has 1 aromatic rings. The average molecular weight is 356 g/mol. The molecule has 0 aromatic carbocycles. The molecular formula is C11H13BrF3N3O2. The minimum absolute atomic E-state index is 0.0323. The number of halogens is 4. The predicted molar refractivity (Wildman–Crippen MR) is 69.7 cm³/mol. The molecule has 1 aliphatic heterocycles. The first-order valence-electron chi connectivity index (χ1n) is 5.88. The van der Waals surface area contributed by atoms with Crippen molar-refractivity contribution in [3.8, 4) is 0 Å². The summed E-state index contributed by atoms with van der Waals surface area (Å²) in [5.74, 6) is 0. The van der Waals surface area contributed by atoms with Gasteiger partial charge in [-0.2, -0.15) is 18.3 Å². The number of aromatic nitrogens is 2. The number of hydrogen-bond donors (Lipinski definition) is 1. The monoisotopic (exact) mass is 355 g/mol. The van der Waals surface area contributed by atoms with Crippen LogP contribution in [0.5, 0.6) is 0 Å². The van der Waals surface area contributed by atoms with Crippen LogP contribution in [0.15, 0.2) is 15.5 Å². The molecule has 0 radical (unpaired) electrons. The highest BCUT2D eigenvalue weighted by Crippen LogP contribution is 2.27.